The van der Waals surface area contributed by atoms with E-state index in [4.69, 9.17) is 11.2 Å². The van der Waals surface area contributed by atoms with Crippen LogP contribution in [-0.2, 0) is 11.2 Å². The number of hydrogen-bond acceptors (Lipinski definition) is 3. The predicted molar refractivity (Wildman–Crippen MR) is 92.7 cm³/mol. The Morgan fingerprint density at radius 2 is 2.12 bits per heavy atom. The Morgan fingerprint density at radius 1 is 1.33 bits per heavy atom. The van der Waals surface area contributed by atoms with Crippen LogP contribution in [0.25, 0.3) is 0 Å². The lowest BCUT2D eigenvalue weighted by Gasteiger charge is -2.54. The van der Waals surface area contributed by atoms with E-state index in [2.05, 4.69) is 18.9 Å². The van der Waals surface area contributed by atoms with Crippen molar-refractivity contribution in [3.8, 4) is 18.1 Å². The second-order valence-electron chi connectivity index (χ2n) is 8.16. The summed E-state index contributed by atoms with van der Waals surface area (Å²) in [5.41, 5.74) is 1.26. The summed E-state index contributed by atoms with van der Waals surface area (Å²) in [5, 5.41) is 20.9. The highest BCUT2D eigenvalue weighted by atomic mass is 16.5. The Balaban J connectivity index is 1.80. The number of phenols is 1. The van der Waals surface area contributed by atoms with E-state index in [-0.39, 0.29) is 11.5 Å². The maximum absolute atomic E-state index is 11.1. The lowest BCUT2D eigenvalue weighted by molar-refractivity contribution is -0.116. The van der Waals surface area contributed by atoms with E-state index >= 15 is 0 Å². The van der Waals surface area contributed by atoms with Crippen molar-refractivity contribution < 1.29 is 14.9 Å². The van der Waals surface area contributed by atoms with Crippen LogP contribution in [0, 0.1) is 29.6 Å². The Bertz CT molecular complexity index is 706. The van der Waals surface area contributed by atoms with Crippen molar-refractivity contribution in [3.05, 3.63) is 29.3 Å². The Kier molecular flexibility index (Phi) is 3.50. The van der Waals surface area contributed by atoms with Crippen LogP contribution in [-0.4, -0.2) is 29.0 Å². The molecule has 24 heavy (non-hydrogen) atoms. The number of hydrogen-bond donors (Lipinski definition) is 2. The lowest BCUT2D eigenvalue weighted by atomic mass is 9.52. The molecule has 3 nitrogen and oxygen atoms in total. The zero-order valence-corrected chi connectivity index (χ0v) is 14.5. The molecule has 0 aromatic heterocycles. The standard InChI is InChI=1S/C21H26O3/c1-4-21(23)10-9-17-16-7-5-13-11-14(22)6-8-15(13)19(16)18(24-3)12-20(17,21)2/h1,6,8,11,16-19,22-23H,5,7,9-10,12H2,2-3H3/t16?,17?,18?,19?,20-,21-/m0/s1. The van der Waals surface area contributed by atoms with Gasteiger partial charge in [0.25, 0.3) is 0 Å². The average molecular weight is 326 g/mol. The van der Waals surface area contributed by atoms with Crippen LogP contribution in [0.15, 0.2) is 18.2 Å². The smallest absolute Gasteiger partial charge is 0.130 e. The van der Waals surface area contributed by atoms with Gasteiger partial charge in [0.05, 0.1) is 6.10 Å². The molecule has 3 heteroatoms. The van der Waals surface area contributed by atoms with E-state index in [1.54, 1.807) is 13.2 Å². The van der Waals surface area contributed by atoms with E-state index in [0.717, 1.165) is 25.7 Å². The third kappa shape index (κ3) is 1.93. The lowest BCUT2D eigenvalue weighted by Crippen LogP contribution is -2.54. The molecule has 4 unspecified atom stereocenters. The van der Waals surface area contributed by atoms with Gasteiger partial charge in [-0.05, 0) is 67.2 Å². The minimum Gasteiger partial charge on any atom is -0.508 e. The molecule has 2 N–H and O–H groups in total. The van der Waals surface area contributed by atoms with Gasteiger partial charge in [-0.3, -0.25) is 0 Å². The highest BCUT2D eigenvalue weighted by Gasteiger charge is 2.63. The summed E-state index contributed by atoms with van der Waals surface area (Å²) in [6.07, 6.45) is 10.3. The summed E-state index contributed by atoms with van der Waals surface area (Å²) in [4.78, 5) is 0. The number of rotatable bonds is 1. The number of ether oxygens (including phenoxy) is 1. The van der Waals surface area contributed by atoms with Crippen LogP contribution in [0.5, 0.6) is 5.75 Å². The minimum absolute atomic E-state index is 0.0535. The van der Waals surface area contributed by atoms with Gasteiger partial charge in [-0.2, -0.15) is 0 Å². The zero-order chi connectivity index (χ0) is 17.1. The molecule has 4 rings (SSSR count). The monoisotopic (exact) mass is 326 g/mol. The largest absolute Gasteiger partial charge is 0.508 e. The minimum atomic E-state index is -1.02. The number of phenolic OH excluding ortho intramolecular Hbond substituents is 1. The fourth-order valence-electron chi connectivity index (χ4n) is 6.09. The molecular formula is C21H26O3. The molecule has 0 saturated heterocycles. The van der Waals surface area contributed by atoms with E-state index in [9.17, 15) is 10.2 Å². The Morgan fingerprint density at radius 3 is 2.83 bits per heavy atom. The zero-order valence-electron chi connectivity index (χ0n) is 14.5. The van der Waals surface area contributed by atoms with Crippen LogP contribution in [0.1, 0.15) is 49.7 Å². The molecule has 0 heterocycles. The van der Waals surface area contributed by atoms with Crippen molar-refractivity contribution in [2.24, 2.45) is 17.3 Å². The predicted octanol–water partition coefficient (Wildman–Crippen LogP) is 3.24. The Labute approximate surface area is 144 Å². The molecule has 128 valence electrons. The highest BCUT2D eigenvalue weighted by molar-refractivity contribution is 5.41. The maximum atomic E-state index is 11.1. The molecule has 2 saturated carbocycles. The quantitative estimate of drug-likeness (QED) is 0.779. The molecule has 3 aliphatic rings. The number of terminal acetylenes is 1. The topological polar surface area (TPSA) is 49.7 Å². The van der Waals surface area contributed by atoms with Crippen molar-refractivity contribution in [2.45, 2.75) is 56.7 Å². The third-order valence-electron chi connectivity index (χ3n) is 7.36. The second-order valence-corrected chi connectivity index (χ2v) is 8.16. The van der Waals surface area contributed by atoms with Crippen molar-refractivity contribution in [1.82, 2.24) is 0 Å². The molecule has 0 aliphatic heterocycles. The molecule has 1 aromatic carbocycles. The molecular weight excluding hydrogens is 300 g/mol. The fraction of sp³-hybridized carbons (Fsp3) is 0.619. The van der Waals surface area contributed by atoms with Crippen LogP contribution in [0.4, 0.5) is 0 Å². The summed E-state index contributed by atoms with van der Waals surface area (Å²) in [5.74, 6) is 4.29. The summed E-state index contributed by atoms with van der Waals surface area (Å²) in [6, 6.07) is 5.76. The van der Waals surface area contributed by atoms with Crippen molar-refractivity contribution in [1.29, 1.82) is 0 Å². The van der Waals surface area contributed by atoms with Crippen LogP contribution in [0.2, 0.25) is 0 Å². The molecule has 0 spiro atoms. The van der Waals surface area contributed by atoms with E-state index in [1.165, 1.54) is 11.1 Å². The first-order valence-electron chi connectivity index (χ1n) is 8.98. The molecule has 0 amide bonds. The van der Waals surface area contributed by atoms with Gasteiger partial charge in [-0.1, -0.05) is 18.9 Å². The van der Waals surface area contributed by atoms with Crippen molar-refractivity contribution in [3.63, 3.8) is 0 Å². The number of fused-ring (bicyclic) bond motifs is 5. The van der Waals surface area contributed by atoms with E-state index in [0.29, 0.717) is 29.9 Å². The molecule has 1 aromatic rings. The summed E-state index contributed by atoms with van der Waals surface area (Å²) in [7, 11) is 1.77. The average Bonchev–Trinajstić information content (AvgIpc) is 2.85. The van der Waals surface area contributed by atoms with Crippen LogP contribution >= 0.6 is 0 Å². The van der Waals surface area contributed by atoms with E-state index in [1.807, 2.05) is 6.07 Å². The summed E-state index contributed by atoms with van der Waals surface area (Å²) in [6.45, 7) is 2.17. The summed E-state index contributed by atoms with van der Waals surface area (Å²) < 4.78 is 5.92. The summed E-state index contributed by atoms with van der Waals surface area (Å²) >= 11 is 0. The maximum Gasteiger partial charge on any atom is 0.130 e. The Hall–Kier alpha value is -1.50. The number of methoxy groups -OCH3 is 1. The molecule has 6 atom stereocenters. The molecule has 3 aliphatic carbocycles. The highest BCUT2D eigenvalue weighted by Crippen LogP contribution is 2.64. The SMILES string of the molecule is C#C[C@]1(O)CCC2C3CCc4cc(O)ccc4C3C(OC)C[C@@]21C. The molecule has 0 radical (unpaired) electrons. The van der Waals surface area contributed by atoms with Crippen molar-refractivity contribution >= 4 is 0 Å². The van der Waals surface area contributed by atoms with Gasteiger partial charge in [0.15, 0.2) is 0 Å². The normalized spacial score (nSPS) is 43.4. The van der Waals surface area contributed by atoms with Gasteiger partial charge in [-0.15, -0.1) is 6.42 Å². The van der Waals surface area contributed by atoms with Gasteiger partial charge >= 0.3 is 0 Å². The first kappa shape index (κ1) is 16.0. The number of aryl methyl sites for hydroxylation is 1. The fourth-order valence-corrected chi connectivity index (χ4v) is 6.09. The van der Waals surface area contributed by atoms with Gasteiger partial charge in [0.2, 0.25) is 0 Å². The van der Waals surface area contributed by atoms with Gasteiger partial charge < -0.3 is 14.9 Å². The van der Waals surface area contributed by atoms with E-state index < -0.39 is 5.60 Å². The number of aromatic hydroxyl groups is 1. The van der Waals surface area contributed by atoms with Crippen LogP contribution < -0.4 is 0 Å². The van der Waals surface area contributed by atoms with Crippen LogP contribution in [0.3, 0.4) is 0 Å². The molecule has 2 fully saturated rings. The third-order valence-corrected chi connectivity index (χ3v) is 7.36. The van der Waals surface area contributed by atoms with Gasteiger partial charge in [0.1, 0.15) is 11.4 Å². The van der Waals surface area contributed by atoms with Gasteiger partial charge in [0, 0.05) is 18.4 Å². The first-order valence-corrected chi connectivity index (χ1v) is 8.98. The molecule has 0 bridgehead atoms. The van der Waals surface area contributed by atoms with Crippen molar-refractivity contribution in [2.75, 3.05) is 7.11 Å². The number of benzene rings is 1. The van der Waals surface area contributed by atoms with Gasteiger partial charge in [-0.25, -0.2) is 0 Å². The second kappa shape index (κ2) is 5.25. The first-order chi connectivity index (χ1) is 11.4. The number of aliphatic hydroxyl groups is 1.